The van der Waals surface area contributed by atoms with Gasteiger partial charge in [0.1, 0.15) is 6.04 Å². The van der Waals surface area contributed by atoms with Gasteiger partial charge in [0.25, 0.3) is 5.91 Å². The number of aliphatic carboxylic acids is 1. The Morgan fingerprint density at radius 3 is 2.21 bits per heavy atom. The third-order valence-electron chi connectivity index (χ3n) is 2.42. The molecular weight excluding hydrogens is 350 g/mol. The minimum absolute atomic E-state index is 0.345. The van der Waals surface area contributed by atoms with Crippen molar-refractivity contribution < 1.29 is 45.8 Å². The van der Waals surface area contributed by atoms with Gasteiger partial charge in [0.15, 0.2) is 6.61 Å². The molecule has 24 heavy (non-hydrogen) atoms. The Morgan fingerprint density at radius 1 is 1.17 bits per heavy atom. The number of halogens is 6. The fourth-order valence-corrected chi connectivity index (χ4v) is 1.43. The molecule has 0 saturated heterocycles. The Balaban J connectivity index is 2.71. The molecule has 0 saturated carbocycles. The lowest BCUT2D eigenvalue weighted by molar-refractivity contribution is -0.157. The summed E-state index contributed by atoms with van der Waals surface area (Å²) in [6.45, 7) is -1.61. The van der Waals surface area contributed by atoms with Crippen molar-refractivity contribution in [2.45, 2.75) is 24.8 Å². The monoisotopic (exact) mass is 360 g/mol. The van der Waals surface area contributed by atoms with Crippen molar-refractivity contribution in [3.63, 3.8) is 0 Å². The number of carboxylic acids is 1. The van der Waals surface area contributed by atoms with Crippen molar-refractivity contribution in [3.05, 3.63) is 23.9 Å². The van der Waals surface area contributed by atoms with E-state index in [0.29, 0.717) is 0 Å². The Hall–Kier alpha value is -2.53. The van der Waals surface area contributed by atoms with E-state index in [1.54, 1.807) is 5.32 Å². The van der Waals surface area contributed by atoms with E-state index in [2.05, 4.69) is 9.72 Å². The molecule has 1 amide bonds. The van der Waals surface area contributed by atoms with Crippen LogP contribution in [0.3, 0.4) is 0 Å². The number of hydrogen-bond donors (Lipinski definition) is 2. The van der Waals surface area contributed by atoms with Gasteiger partial charge in [0, 0.05) is 12.3 Å². The molecule has 0 aromatic carbocycles. The molecule has 1 aromatic rings. The third kappa shape index (κ3) is 7.15. The summed E-state index contributed by atoms with van der Waals surface area (Å²) >= 11 is 0. The quantitative estimate of drug-likeness (QED) is 0.759. The first-order valence-corrected chi connectivity index (χ1v) is 6.13. The first-order valence-electron chi connectivity index (χ1n) is 6.13. The van der Waals surface area contributed by atoms with Gasteiger partial charge < -0.3 is 15.2 Å². The number of nitrogens with zero attached hydrogens (tertiary/aromatic N) is 1. The maximum atomic E-state index is 12.2. The van der Waals surface area contributed by atoms with Gasteiger partial charge in [-0.3, -0.25) is 4.79 Å². The van der Waals surface area contributed by atoms with Gasteiger partial charge in [-0.15, -0.1) is 0 Å². The molecule has 2 N–H and O–H groups in total. The fraction of sp³-hybridized carbons (Fsp3) is 0.417. The zero-order chi connectivity index (χ0) is 18.5. The number of hydrogen-bond acceptors (Lipinski definition) is 4. The van der Waals surface area contributed by atoms with Gasteiger partial charge in [-0.2, -0.15) is 26.3 Å². The largest absolute Gasteiger partial charge is 0.480 e. The van der Waals surface area contributed by atoms with E-state index in [1.165, 1.54) is 0 Å². The molecule has 1 heterocycles. The van der Waals surface area contributed by atoms with Crippen molar-refractivity contribution in [1.82, 2.24) is 10.3 Å². The summed E-state index contributed by atoms with van der Waals surface area (Å²) in [5.41, 5.74) is -0.345. The van der Waals surface area contributed by atoms with Gasteiger partial charge in [-0.1, -0.05) is 0 Å². The number of carbonyl (C=O) groups is 2. The first kappa shape index (κ1) is 19.5. The highest BCUT2D eigenvalue weighted by molar-refractivity contribution is 5.96. The standard InChI is InChI=1S/C12H10F6N2O4/c13-11(14,15)3-7(10(22)23)20-9(21)6-1-2-8(19-4-6)24-5-12(16,17)18/h1-2,4,7H,3,5H2,(H,20,21)(H,22,23). The predicted molar refractivity (Wildman–Crippen MR) is 65.3 cm³/mol. The lowest BCUT2D eigenvalue weighted by atomic mass is 10.2. The SMILES string of the molecule is O=C(NC(CC(F)(F)F)C(=O)O)c1ccc(OCC(F)(F)F)nc1. The molecule has 0 aliphatic rings. The maximum absolute atomic E-state index is 12.2. The Labute approximate surface area is 130 Å². The van der Waals surface area contributed by atoms with E-state index in [9.17, 15) is 35.9 Å². The molecule has 134 valence electrons. The zero-order valence-corrected chi connectivity index (χ0v) is 11.6. The van der Waals surface area contributed by atoms with Gasteiger partial charge in [-0.05, 0) is 6.07 Å². The normalized spacial score (nSPS) is 13.2. The van der Waals surface area contributed by atoms with Crippen molar-refractivity contribution in [1.29, 1.82) is 0 Å². The zero-order valence-electron chi connectivity index (χ0n) is 11.6. The highest BCUT2D eigenvalue weighted by Gasteiger charge is 2.36. The first-order chi connectivity index (χ1) is 10.9. The molecule has 0 spiro atoms. The molecule has 0 aliphatic heterocycles. The van der Waals surface area contributed by atoms with Crippen LogP contribution in [0.15, 0.2) is 18.3 Å². The number of amides is 1. The molecule has 0 fully saturated rings. The minimum atomic E-state index is -4.82. The number of carbonyl (C=O) groups excluding carboxylic acids is 1. The second-order valence-corrected chi connectivity index (χ2v) is 4.47. The summed E-state index contributed by atoms with van der Waals surface area (Å²) in [5, 5.41) is 10.3. The highest BCUT2D eigenvalue weighted by atomic mass is 19.4. The Morgan fingerprint density at radius 2 is 1.79 bits per heavy atom. The van der Waals surface area contributed by atoms with Gasteiger partial charge in [0.2, 0.25) is 5.88 Å². The number of aromatic nitrogens is 1. The molecule has 1 rings (SSSR count). The lowest BCUT2D eigenvalue weighted by Crippen LogP contribution is -2.43. The van der Waals surface area contributed by atoms with Crippen LogP contribution in [0.1, 0.15) is 16.8 Å². The molecule has 1 unspecified atom stereocenters. The fourth-order valence-electron chi connectivity index (χ4n) is 1.43. The summed E-state index contributed by atoms with van der Waals surface area (Å²) in [4.78, 5) is 25.8. The average molecular weight is 360 g/mol. The molecule has 0 radical (unpaired) electrons. The minimum Gasteiger partial charge on any atom is -0.480 e. The molecule has 6 nitrogen and oxygen atoms in total. The van der Waals surface area contributed by atoms with Gasteiger partial charge in [-0.25, -0.2) is 9.78 Å². The van der Waals surface area contributed by atoms with Crippen molar-refractivity contribution >= 4 is 11.9 Å². The Bertz CT molecular complexity index is 585. The number of carboxylic acid groups (broad SMARTS) is 1. The van der Waals surface area contributed by atoms with Gasteiger partial charge >= 0.3 is 18.3 Å². The smallest absolute Gasteiger partial charge is 0.422 e. The van der Waals surface area contributed by atoms with E-state index in [0.717, 1.165) is 18.3 Å². The van der Waals surface area contributed by atoms with Crippen LogP contribution in [0.25, 0.3) is 0 Å². The van der Waals surface area contributed by atoms with Crippen LogP contribution in [0.5, 0.6) is 5.88 Å². The van der Waals surface area contributed by atoms with Gasteiger partial charge in [0.05, 0.1) is 12.0 Å². The summed E-state index contributed by atoms with van der Waals surface area (Å²) in [5.74, 6) is -3.53. The predicted octanol–water partition coefficient (Wildman–Crippen LogP) is 2.16. The van der Waals surface area contributed by atoms with Crippen LogP contribution in [-0.2, 0) is 4.79 Å². The summed E-state index contributed by atoms with van der Waals surface area (Å²) < 4.78 is 76.7. The molecule has 0 aliphatic carbocycles. The van der Waals surface area contributed by atoms with Crippen LogP contribution in [-0.4, -0.2) is 47.0 Å². The molecule has 0 bridgehead atoms. The molecular formula is C12H10F6N2O4. The van der Waals surface area contributed by atoms with Crippen LogP contribution >= 0.6 is 0 Å². The van der Waals surface area contributed by atoms with Crippen molar-refractivity contribution in [2.75, 3.05) is 6.61 Å². The second-order valence-electron chi connectivity index (χ2n) is 4.47. The van der Waals surface area contributed by atoms with E-state index in [-0.39, 0.29) is 5.56 Å². The molecule has 1 aromatic heterocycles. The van der Waals surface area contributed by atoms with Crippen molar-refractivity contribution in [3.8, 4) is 5.88 Å². The van der Waals surface area contributed by atoms with Crippen LogP contribution in [0, 0.1) is 0 Å². The average Bonchev–Trinajstić information content (AvgIpc) is 2.42. The van der Waals surface area contributed by atoms with E-state index < -0.39 is 49.2 Å². The van der Waals surface area contributed by atoms with Crippen LogP contribution in [0.2, 0.25) is 0 Å². The maximum Gasteiger partial charge on any atom is 0.422 e. The third-order valence-corrected chi connectivity index (χ3v) is 2.42. The molecule has 12 heteroatoms. The number of ether oxygens (including phenoxy) is 1. The van der Waals surface area contributed by atoms with E-state index in [1.807, 2.05) is 0 Å². The molecule has 1 atom stereocenters. The number of pyridine rings is 1. The topological polar surface area (TPSA) is 88.5 Å². The summed E-state index contributed by atoms with van der Waals surface area (Å²) in [6.07, 6.45) is -10.4. The second kappa shape index (κ2) is 7.36. The van der Waals surface area contributed by atoms with Crippen LogP contribution < -0.4 is 10.1 Å². The summed E-state index contributed by atoms with van der Waals surface area (Å²) in [6, 6.07) is -0.389. The van der Waals surface area contributed by atoms with E-state index in [4.69, 9.17) is 5.11 Å². The van der Waals surface area contributed by atoms with E-state index >= 15 is 0 Å². The summed E-state index contributed by atoms with van der Waals surface area (Å²) in [7, 11) is 0. The number of alkyl halides is 6. The lowest BCUT2D eigenvalue weighted by Gasteiger charge is -2.16. The Kier molecular flexibility index (Phi) is 5.99. The van der Waals surface area contributed by atoms with Crippen molar-refractivity contribution in [2.24, 2.45) is 0 Å². The number of rotatable bonds is 6. The highest BCUT2D eigenvalue weighted by Crippen LogP contribution is 2.22. The number of nitrogens with one attached hydrogen (secondary N) is 1. The van der Waals surface area contributed by atoms with Crippen LogP contribution in [0.4, 0.5) is 26.3 Å².